The molecule has 2 atom stereocenters. The first-order chi connectivity index (χ1) is 10.2. The Morgan fingerprint density at radius 1 is 0.917 bits per heavy atom. The zero-order chi connectivity index (χ0) is 17.2. The quantitative estimate of drug-likeness (QED) is 0.227. The van der Waals surface area contributed by atoms with Crippen LogP contribution in [-0.2, 0) is 18.9 Å². The Kier molecular flexibility index (Phi) is 13.0. The second kappa shape index (κ2) is 11.9. The molecule has 0 aliphatic carbocycles. The van der Waals surface area contributed by atoms with Gasteiger partial charge in [0.15, 0.2) is 0 Å². The summed E-state index contributed by atoms with van der Waals surface area (Å²) in [5.74, 6) is 0. The second-order valence-electron chi connectivity index (χ2n) is 4.04. The van der Waals surface area contributed by atoms with Gasteiger partial charge in [-0.1, -0.05) is 13.3 Å². The molecule has 0 saturated carbocycles. The summed E-state index contributed by atoms with van der Waals surface area (Å²) < 4.78 is 90.9. The average molecular weight is 876 g/mol. The van der Waals surface area contributed by atoms with E-state index in [2.05, 4.69) is 14.2 Å². The van der Waals surface area contributed by atoms with E-state index in [1.807, 2.05) is 0 Å². The molecule has 0 fully saturated rings. The number of aliphatic hydroxyl groups is 1. The van der Waals surface area contributed by atoms with Crippen molar-refractivity contribution >= 4 is 0 Å². The first-order valence-electron chi connectivity index (χ1n) is 5.87. The molecule has 0 heterocycles. The monoisotopic (exact) mass is 876 g/mol. The summed E-state index contributed by atoms with van der Waals surface area (Å²) in [5.41, 5.74) is 0. The van der Waals surface area contributed by atoms with Crippen LogP contribution in [0.2, 0.25) is 0 Å². The van der Waals surface area contributed by atoms with E-state index in [0.717, 1.165) is 0 Å². The fourth-order valence-electron chi connectivity index (χ4n) is 1.18. The third kappa shape index (κ3) is 12.0. The van der Waals surface area contributed by atoms with E-state index < -0.39 is 51.0 Å². The van der Waals surface area contributed by atoms with Crippen molar-refractivity contribution in [3.8, 4) is 0 Å². The van der Waals surface area contributed by atoms with Crippen LogP contribution >= 0.6 is 0 Å². The van der Waals surface area contributed by atoms with E-state index >= 15 is 0 Å². The molecule has 13 heteroatoms. The molecule has 0 radical (unpaired) electrons. The number of halogens is 6. The van der Waals surface area contributed by atoms with Crippen molar-refractivity contribution in [3.63, 3.8) is 0 Å². The van der Waals surface area contributed by atoms with Crippen LogP contribution in [-0.4, -0.2) is 63.1 Å². The average Bonchev–Trinajstić information content (AvgIpc) is 2.45. The predicted octanol–water partition coefficient (Wildman–Crippen LogP) is 1.86. The smallest absolute Gasteiger partial charge is 0.258 e. The summed E-state index contributed by atoms with van der Waals surface area (Å²) in [6, 6.07) is 0. The molecule has 24 heavy (non-hydrogen) atoms. The van der Waals surface area contributed by atoms with Crippen molar-refractivity contribution in [3.05, 3.63) is 13.3 Å². The molecule has 5 nitrogen and oxygen atoms in total. The van der Waals surface area contributed by atoms with Gasteiger partial charge in [-0.15, -0.1) is 0 Å². The SMILES string of the molecule is COCC(O)COCC(COC(F)(F)[CH-]F)OC(F)(F)[CH-]F.[Rf].[Rf]. The molecule has 0 bridgehead atoms. The molecule has 2 unspecified atom stereocenters. The molecule has 0 aromatic rings. The second-order valence-corrected chi connectivity index (χ2v) is 4.04. The van der Waals surface area contributed by atoms with E-state index in [9.17, 15) is 31.4 Å². The zero-order valence-electron chi connectivity index (χ0n) is 12.9. The van der Waals surface area contributed by atoms with Gasteiger partial charge in [0.1, 0.15) is 12.2 Å². The van der Waals surface area contributed by atoms with E-state index in [4.69, 9.17) is 4.74 Å². The number of methoxy groups -OCH3 is 1. The van der Waals surface area contributed by atoms with Crippen LogP contribution in [0.5, 0.6) is 0 Å². The van der Waals surface area contributed by atoms with Gasteiger partial charge >= 0.3 is 0 Å². The van der Waals surface area contributed by atoms with Crippen molar-refractivity contribution in [2.24, 2.45) is 0 Å². The number of alkyl halides is 4. The van der Waals surface area contributed by atoms with Crippen molar-refractivity contribution in [2.75, 3.05) is 33.5 Å². The van der Waals surface area contributed by atoms with E-state index in [0.29, 0.717) is 0 Å². The van der Waals surface area contributed by atoms with Crippen LogP contribution < -0.4 is 0 Å². The first-order valence-corrected chi connectivity index (χ1v) is 5.87. The van der Waals surface area contributed by atoms with Crippen molar-refractivity contribution < 1.29 is 50.4 Å². The van der Waals surface area contributed by atoms with Crippen LogP contribution in [0.25, 0.3) is 0 Å². The summed E-state index contributed by atoms with van der Waals surface area (Å²) in [6.45, 7) is -4.65. The van der Waals surface area contributed by atoms with Gasteiger partial charge in [-0.05, 0) is 0 Å². The van der Waals surface area contributed by atoms with Crippen molar-refractivity contribution in [1.82, 2.24) is 0 Å². The van der Waals surface area contributed by atoms with Crippen LogP contribution in [0.1, 0.15) is 0 Å². The zero-order valence-corrected chi connectivity index (χ0v) is 25.7. The summed E-state index contributed by atoms with van der Waals surface area (Å²) in [7, 11) is 1.29. The minimum absolute atomic E-state index is 0. The summed E-state index contributed by atoms with van der Waals surface area (Å²) in [5, 5.41) is 9.23. The van der Waals surface area contributed by atoms with Crippen LogP contribution in [0, 0.1) is 13.3 Å². The normalized spacial score (nSPS) is 14.5. The molecule has 0 rings (SSSR count). The fourth-order valence-corrected chi connectivity index (χ4v) is 1.18. The van der Waals surface area contributed by atoms with Gasteiger partial charge < -0.3 is 32.8 Å². The standard InChI is InChI=1S/C11H16F6O5.2Rf/c1-19-2-8(18)3-20-4-9(22-11(16,17)7-13)5-21-10(14,15)6-12;;/h6-9,18H,2-5H2,1H3;;/q-2;;. The maximum Gasteiger partial charge on any atom is 0.258 e. The van der Waals surface area contributed by atoms with Crippen molar-refractivity contribution in [1.29, 1.82) is 0 Å². The minimum atomic E-state index is -4.36. The molecule has 138 valence electrons. The third-order valence-electron chi connectivity index (χ3n) is 2.01. The van der Waals surface area contributed by atoms with Gasteiger partial charge in [-0.2, -0.15) is 0 Å². The number of hydrogen-bond acceptors (Lipinski definition) is 5. The van der Waals surface area contributed by atoms with Gasteiger partial charge in [0.2, 0.25) is 0 Å². The van der Waals surface area contributed by atoms with E-state index in [1.165, 1.54) is 7.11 Å². The largest absolute Gasteiger partial charge is 0.451 e. The van der Waals surface area contributed by atoms with Crippen LogP contribution in [0.15, 0.2) is 0 Å². The Labute approximate surface area is 123 Å². The molecular weight excluding hydrogens is 860 g/mol. The molecule has 0 aromatic carbocycles. The van der Waals surface area contributed by atoms with Crippen molar-refractivity contribution in [2.45, 2.75) is 24.4 Å². The predicted molar refractivity (Wildman–Crippen MR) is 60.2 cm³/mol. The Hall–Kier alpha value is -2.62. The molecule has 0 aliphatic heterocycles. The molecule has 0 saturated heterocycles. The van der Waals surface area contributed by atoms with Crippen LogP contribution in [0.4, 0.5) is 26.3 Å². The van der Waals surface area contributed by atoms with Gasteiger partial charge in [-0.25, -0.2) is 17.6 Å². The summed E-state index contributed by atoms with van der Waals surface area (Å²) in [4.78, 5) is 0. The Morgan fingerprint density at radius 3 is 1.92 bits per heavy atom. The summed E-state index contributed by atoms with van der Waals surface area (Å²) >= 11 is 0. The van der Waals surface area contributed by atoms with E-state index in [-0.39, 0.29) is 13.2 Å². The van der Waals surface area contributed by atoms with Gasteiger partial charge in [0.25, 0.3) is 12.2 Å². The number of aliphatic hydroxyl groups excluding tert-OH is 1. The Balaban J connectivity index is -0.00000220. The molecule has 0 spiro atoms. The van der Waals surface area contributed by atoms with Gasteiger partial charge in [0, 0.05) is 7.11 Å². The molecular formula is C11H16F6O5Rf2-2. The number of ether oxygens (including phenoxy) is 4. The van der Waals surface area contributed by atoms with Gasteiger partial charge in [-0.3, -0.25) is 0 Å². The molecule has 0 aliphatic rings. The third-order valence-corrected chi connectivity index (χ3v) is 2.01. The maximum absolute atomic E-state index is 12.7. The Bertz CT molecular complexity index is 304. The molecule has 0 aromatic heterocycles. The topological polar surface area (TPSA) is 57.2 Å². The van der Waals surface area contributed by atoms with Gasteiger partial charge in [0.05, 0.1) is 26.4 Å². The first kappa shape index (κ1) is 26.3. The summed E-state index contributed by atoms with van der Waals surface area (Å²) in [6.07, 6.45) is -11.6. The molecule has 1 N–H and O–H groups in total. The Morgan fingerprint density at radius 2 is 1.46 bits per heavy atom. The van der Waals surface area contributed by atoms with Crippen LogP contribution in [0.3, 0.4) is 0 Å². The molecule has 0 amide bonds. The number of hydrogen-bond donors (Lipinski definition) is 1. The number of rotatable bonds is 13. The minimum Gasteiger partial charge on any atom is -0.451 e. The fraction of sp³-hybridized carbons (Fsp3) is 0.818. The maximum atomic E-state index is 12.7. The van der Waals surface area contributed by atoms with E-state index in [1.54, 1.807) is 0 Å².